The van der Waals surface area contributed by atoms with Crippen molar-refractivity contribution in [3.05, 3.63) is 255 Å². The van der Waals surface area contributed by atoms with Crippen LogP contribution in [0, 0.1) is 0 Å². The smallest absolute Gasteiger partial charge is 0.135 e. The first-order valence-corrected chi connectivity index (χ1v) is 23.7. The summed E-state index contributed by atoms with van der Waals surface area (Å²) in [5.41, 5.74) is 20.6. The van der Waals surface area contributed by atoms with Crippen LogP contribution in [0.4, 0.5) is 0 Å². The standard InChI is InChI=1S/C66H42N2O/c1-4-15-43(16-5-1)44-27-33-51(34-28-44)67-61-37-31-48(41-58(61)66-53(23-14-25-62(66)67)46-19-8-3-9-20-46)47-30-36-60-56(39-47)54-21-10-12-24-59(54)68(60)63-42-50(29-35-52(63)45-17-6-2-7-18-45)49-32-38-65-57(40-49)55-22-11-13-26-64(55)69-65/h1-42H. The number of fused-ring (bicyclic) bond motifs is 9. The van der Waals surface area contributed by atoms with Gasteiger partial charge >= 0.3 is 0 Å². The molecule has 0 radical (unpaired) electrons. The Kier molecular flexibility index (Phi) is 8.90. The SMILES string of the molecule is c1ccc(-c2ccc(-n3c4ccc(-c5ccc6c(c5)c5ccccc5n6-c5cc(-c6ccc7oc8ccccc8c7c6)ccc5-c5ccccc5)cc4c4c(-c5ccccc5)cccc43)cc2)cc1. The lowest BCUT2D eigenvalue weighted by Crippen LogP contribution is -1.98. The monoisotopic (exact) mass is 878 g/mol. The normalized spacial score (nSPS) is 11.8. The molecule has 0 bridgehead atoms. The molecule has 0 aliphatic heterocycles. The zero-order valence-corrected chi connectivity index (χ0v) is 37.6. The Morgan fingerprint density at radius 2 is 0.739 bits per heavy atom. The van der Waals surface area contributed by atoms with Gasteiger partial charge in [0.1, 0.15) is 11.2 Å². The maximum atomic E-state index is 6.23. The van der Waals surface area contributed by atoms with Gasteiger partial charge in [-0.3, -0.25) is 0 Å². The van der Waals surface area contributed by atoms with Crippen molar-refractivity contribution < 1.29 is 4.42 Å². The summed E-state index contributed by atoms with van der Waals surface area (Å²) in [4.78, 5) is 0. The van der Waals surface area contributed by atoms with Crippen LogP contribution in [0.5, 0.6) is 0 Å². The molecule has 0 aliphatic rings. The van der Waals surface area contributed by atoms with Crippen LogP contribution in [0.2, 0.25) is 0 Å². The highest BCUT2D eigenvalue weighted by Gasteiger charge is 2.21. The minimum atomic E-state index is 0.898. The molecule has 0 atom stereocenters. The van der Waals surface area contributed by atoms with E-state index in [1.54, 1.807) is 0 Å². The third-order valence-electron chi connectivity index (χ3n) is 14.1. The van der Waals surface area contributed by atoms with E-state index in [9.17, 15) is 0 Å². The predicted octanol–water partition coefficient (Wildman–Crippen LogP) is 18.1. The molecule has 11 aromatic carbocycles. The Morgan fingerprint density at radius 3 is 1.48 bits per heavy atom. The summed E-state index contributed by atoms with van der Waals surface area (Å²) in [6.07, 6.45) is 0. The maximum Gasteiger partial charge on any atom is 0.135 e. The van der Waals surface area contributed by atoms with Gasteiger partial charge in [0.2, 0.25) is 0 Å². The lowest BCUT2D eigenvalue weighted by atomic mass is 9.96. The molecule has 14 rings (SSSR count). The highest BCUT2D eigenvalue weighted by atomic mass is 16.3. The van der Waals surface area contributed by atoms with Crippen molar-refractivity contribution in [3.8, 4) is 67.0 Å². The van der Waals surface area contributed by atoms with Gasteiger partial charge in [-0.05, 0) is 123 Å². The first kappa shape index (κ1) is 39.0. The molecule has 0 N–H and O–H groups in total. The van der Waals surface area contributed by atoms with Gasteiger partial charge in [-0.1, -0.05) is 182 Å². The van der Waals surface area contributed by atoms with E-state index >= 15 is 0 Å². The average molecular weight is 879 g/mol. The van der Waals surface area contributed by atoms with Gasteiger partial charge in [-0.2, -0.15) is 0 Å². The Morgan fingerprint density at radius 1 is 0.246 bits per heavy atom. The van der Waals surface area contributed by atoms with Gasteiger partial charge in [0.15, 0.2) is 0 Å². The quantitative estimate of drug-likeness (QED) is 0.156. The van der Waals surface area contributed by atoms with Gasteiger partial charge in [-0.15, -0.1) is 0 Å². The zero-order chi connectivity index (χ0) is 45.4. The lowest BCUT2D eigenvalue weighted by Gasteiger charge is -2.16. The van der Waals surface area contributed by atoms with Gasteiger partial charge in [-0.25, -0.2) is 0 Å². The average Bonchev–Trinajstić information content (AvgIpc) is 4.08. The summed E-state index contributed by atoms with van der Waals surface area (Å²) in [5, 5.41) is 7.15. The van der Waals surface area contributed by atoms with E-state index in [2.05, 4.69) is 252 Å². The fourth-order valence-corrected chi connectivity index (χ4v) is 10.9. The predicted molar refractivity (Wildman–Crippen MR) is 290 cm³/mol. The molecule has 0 saturated heterocycles. The minimum Gasteiger partial charge on any atom is -0.456 e. The zero-order valence-electron chi connectivity index (χ0n) is 37.6. The molecule has 3 heteroatoms. The highest BCUT2D eigenvalue weighted by Crippen LogP contribution is 2.43. The van der Waals surface area contributed by atoms with Crippen molar-refractivity contribution in [1.29, 1.82) is 0 Å². The van der Waals surface area contributed by atoms with Gasteiger partial charge < -0.3 is 13.6 Å². The summed E-state index contributed by atoms with van der Waals surface area (Å²) in [7, 11) is 0. The Bertz CT molecular complexity index is 4270. The number of benzene rings is 11. The number of furan rings is 1. The Hall–Kier alpha value is -9.18. The van der Waals surface area contributed by atoms with Gasteiger partial charge in [0.05, 0.1) is 27.8 Å². The van der Waals surface area contributed by atoms with E-state index in [0.717, 1.165) is 50.0 Å². The lowest BCUT2D eigenvalue weighted by molar-refractivity contribution is 0.669. The fourth-order valence-electron chi connectivity index (χ4n) is 10.9. The first-order valence-electron chi connectivity index (χ1n) is 23.7. The third kappa shape index (κ3) is 6.36. The van der Waals surface area contributed by atoms with Crippen LogP contribution in [-0.2, 0) is 0 Å². The summed E-state index contributed by atoms with van der Waals surface area (Å²) >= 11 is 0. The summed E-state index contributed by atoms with van der Waals surface area (Å²) in [6.45, 7) is 0. The maximum absolute atomic E-state index is 6.23. The number of hydrogen-bond donors (Lipinski definition) is 0. The Labute approximate surface area is 399 Å². The largest absolute Gasteiger partial charge is 0.456 e. The molecule has 0 spiro atoms. The van der Waals surface area contributed by atoms with Crippen LogP contribution >= 0.6 is 0 Å². The second-order valence-electron chi connectivity index (χ2n) is 18.0. The molecule has 3 heterocycles. The second-order valence-corrected chi connectivity index (χ2v) is 18.0. The van der Waals surface area contributed by atoms with E-state index in [-0.39, 0.29) is 0 Å². The summed E-state index contributed by atoms with van der Waals surface area (Å²) < 4.78 is 11.1. The molecule has 0 saturated carbocycles. The minimum absolute atomic E-state index is 0.898. The topological polar surface area (TPSA) is 23.0 Å². The fraction of sp³-hybridized carbons (Fsp3) is 0. The van der Waals surface area contributed by atoms with E-state index in [1.807, 2.05) is 12.1 Å². The first-order chi connectivity index (χ1) is 34.2. The summed E-state index contributed by atoms with van der Waals surface area (Å²) in [5.74, 6) is 0. The second kappa shape index (κ2) is 15.7. The van der Waals surface area contributed by atoms with E-state index in [0.29, 0.717) is 0 Å². The highest BCUT2D eigenvalue weighted by molar-refractivity contribution is 6.17. The number of para-hydroxylation sites is 2. The molecular formula is C66H42N2O. The molecule has 0 unspecified atom stereocenters. The van der Waals surface area contributed by atoms with Crippen LogP contribution in [0.3, 0.4) is 0 Å². The summed E-state index contributed by atoms with van der Waals surface area (Å²) in [6, 6.07) is 92.6. The van der Waals surface area contributed by atoms with Crippen LogP contribution in [0.15, 0.2) is 259 Å². The molecule has 14 aromatic rings. The number of aromatic nitrogens is 2. The van der Waals surface area contributed by atoms with Crippen molar-refractivity contribution >= 4 is 65.6 Å². The van der Waals surface area contributed by atoms with Crippen LogP contribution in [0.25, 0.3) is 133 Å². The van der Waals surface area contributed by atoms with Crippen molar-refractivity contribution in [3.63, 3.8) is 0 Å². The molecule has 0 aliphatic carbocycles. The molecule has 0 fully saturated rings. The van der Waals surface area contributed by atoms with Gasteiger partial charge in [0, 0.05) is 43.6 Å². The van der Waals surface area contributed by atoms with Crippen LogP contribution in [0.1, 0.15) is 0 Å². The van der Waals surface area contributed by atoms with Crippen LogP contribution in [-0.4, -0.2) is 9.13 Å². The Balaban J connectivity index is 0.950. The number of nitrogens with zero attached hydrogens (tertiary/aromatic N) is 2. The van der Waals surface area contributed by atoms with Crippen molar-refractivity contribution in [1.82, 2.24) is 9.13 Å². The molecule has 69 heavy (non-hydrogen) atoms. The number of rotatable bonds is 7. The van der Waals surface area contributed by atoms with Crippen molar-refractivity contribution in [2.75, 3.05) is 0 Å². The molecule has 0 amide bonds. The van der Waals surface area contributed by atoms with E-state index in [1.165, 1.54) is 82.6 Å². The van der Waals surface area contributed by atoms with Crippen molar-refractivity contribution in [2.45, 2.75) is 0 Å². The third-order valence-corrected chi connectivity index (χ3v) is 14.1. The van der Waals surface area contributed by atoms with E-state index in [4.69, 9.17) is 4.42 Å². The van der Waals surface area contributed by atoms with Crippen molar-refractivity contribution in [2.24, 2.45) is 0 Å². The molecular weight excluding hydrogens is 837 g/mol. The molecule has 322 valence electrons. The molecule has 3 aromatic heterocycles. The molecule has 3 nitrogen and oxygen atoms in total. The number of hydrogen-bond acceptors (Lipinski definition) is 1. The van der Waals surface area contributed by atoms with Gasteiger partial charge in [0.25, 0.3) is 0 Å². The van der Waals surface area contributed by atoms with E-state index < -0.39 is 0 Å². The van der Waals surface area contributed by atoms with Crippen LogP contribution < -0.4 is 0 Å².